The molecule has 0 unspecified atom stereocenters. The number of nitriles is 1. The second-order valence-electron chi connectivity index (χ2n) is 9.17. The molecule has 0 bridgehead atoms. The van der Waals surface area contributed by atoms with Crippen molar-refractivity contribution in [1.82, 2.24) is 4.90 Å². The first-order valence-electron chi connectivity index (χ1n) is 13.0. The monoisotopic (exact) mass is 568 g/mol. The highest BCUT2D eigenvalue weighted by Crippen LogP contribution is 2.33. The molecular formula is C33H33BrN2O2. The lowest BCUT2D eigenvalue weighted by molar-refractivity contribution is 0.260. The van der Waals surface area contributed by atoms with Crippen LogP contribution in [0.25, 0.3) is 11.1 Å². The van der Waals surface area contributed by atoms with Crippen molar-refractivity contribution >= 4 is 15.9 Å². The minimum Gasteiger partial charge on any atom is -0.489 e. The van der Waals surface area contributed by atoms with Crippen LogP contribution in [0.3, 0.4) is 0 Å². The van der Waals surface area contributed by atoms with Crippen LogP contribution in [0.5, 0.6) is 11.5 Å². The van der Waals surface area contributed by atoms with Gasteiger partial charge >= 0.3 is 0 Å². The van der Waals surface area contributed by atoms with E-state index in [2.05, 4.69) is 77.1 Å². The van der Waals surface area contributed by atoms with Crippen LogP contribution in [-0.2, 0) is 19.8 Å². The van der Waals surface area contributed by atoms with Crippen LogP contribution in [0.2, 0.25) is 0 Å². The van der Waals surface area contributed by atoms with E-state index in [9.17, 15) is 5.26 Å². The Labute approximate surface area is 234 Å². The summed E-state index contributed by atoms with van der Waals surface area (Å²) >= 11 is 3.80. The van der Waals surface area contributed by atoms with Crippen LogP contribution in [0.1, 0.15) is 42.5 Å². The predicted octanol–water partition coefficient (Wildman–Crippen LogP) is 8.38. The molecule has 0 radical (unpaired) electrons. The molecule has 0 atom stereocenters. The number of benzene rings is 4. The minimum atomic E-state index is 0.385. The quantitative estimate of drug-likeness (QED) is 0.172. The fourth-order valence-corrected chi connectivity index (χ4v) is 4.99. The van der Waals surface area contributed by atoms with E-state index in [0.717, 1.165) is 69.8 Å². The Bertz CT molecular complexity index is 1380. The van der Waals surface area contributed by atoms with E-state index in [0.29, 0.717) is 18.8 Å². The van der Waals surface area contributed by atoms with Crippen LogP contribution >= 0.6 is 15.9 Å². The maximum absolute atomic E-state index is 9.24. The Morgan fingerprint density at radius 2 is 1.63 bits per heavy atom. The number of rotatable bonds is 12. The predicted molar refractivity (Wildman–Crippen MR) is 157 cm³/mol. The fourth-order valence-electron chi connectivity index (χ4n) is 4.38. The average Bonchev–Trinajstić information content (AvgIpc) is 2.96. The first kappa shape index (κ1) is 27.4. The Morgan fingerprint density at radius 1 is 0.816 bits per heavy atom. The van der Waals surface area contributed by atoms with Gasteiger partial charge in [-0.15, -0.1) is 0 Å². The molecule has 0 aromatic heterocycles. The van der Waals surface area contributed by atoms with E-state index in [1.807, 2.05) is 48.5 Å². The Kier molecular flexibility index (Phi) is 9.97. The van der Waals surface area contributed by atoms with Gasteiger partial charge < -0.3 is 9.47 Å². The van der Waals surface area contributed by atoms with Gasteiger partial charge in [0.25, 0.3) is 0 Å². The van der Waals surface area contributed by atoms with E-state index in [1.165, 1.54) is 0 Å². The van der Waals surface area contributed by atoms with Crippen LogP contribution in [0, 0.1) is 11.3 Å². The first-order valence-corrected chi connectivity index (χ1v) is 13.8. The molecule has 0 N–H and O–H groups in total. The molecule has 38 heavy (non-hydrogen) atoms. The largest absolute Gasteiger partial charge is 0.489 e. The minimum absolute atomic E-state index is 0.385. The third kappa shape index (κ3) is 7.25. The highest BCUT2D eigenvalue weighted by Gasteiger charge is 2.13. The number of halogens is 1. The zero-order valence-corrected chi connectivity index (χ0v) is 23.6. The fraction of sp³-hybridized carbons (Fsp3) is 0.242. The maximum Gasteiger partial charge on any atom is 0.128 e. The zero-order valence-electron chi connectivity index (χ0n) is 22.0. The lowest BCUT2D eigenvalue weighted by Crippen LogP contribution is -2.23. The van der Waals surface area contributed by atoms with Gasteiger partial charge in [-0.2, -0.15) is 5.26 Å². The molecule has 4 rings (SSSR count). The molecular weight excluding hydrogens is 536 g/mol. The van der Waals surface area contributed by atoms with Crippen molar-refractivity contribution in [2.45, 2.75) is 40.0 Å². The van der Waals surface area contributed by atoms with E-state index in [4.69, 9.17) is 9.47 Å². The first-order chi connectivity index (χ1) is 18.6. The molecule has 4 aromatic carbocycles. The Hall–Kier alpha value is -3.59. The lowest BCUT2D eigenvalue weighted by Gasteiger charge is -2.22. The van der Waals surface area contributed by atoms with Crippen molar-refractivity contribution in [2.24, 2.45) is 0 Å². The summed E-state index contributed by atoms with van der Waals surface area (Å²) < 4.78 is 13.6. The van der Waals surface area contributed by atoms with Gasteiger partial charge in [0.1, 0.15) is 24.7 Å². The normalized spacial score (nSPS) is 10.8. The van der Waals surface area contributed by atoms with Crippen LogP contribution in [-0.4, -0.2) is 18.0 Å². The summed E-state index contributed by atoms with van der Waals surface area (Å²) in [7, 11) is 0. The van der Waals surface area contributed by atoms with Gasteiger partial charge in [0, 0.05) is 28.2 Å². The van der Waals surface area contributed by atoms with Gasteiger partial charge in [-0.3, -0.25) is 4.90 Å². The third-order valence-corrected chi connectivity index (χ3v) is 7.36. The third-order valence-electron chi connectivity index (χ3n) is 6.43. The summed E-state index contributed by atoms with van der Waals surface area (Å²) in [5.41, 5.74) is 6.09. The summed E-state index contributed by atoms with van der Waals surface area (Å²) in [6.45, 7) is 8.01. The summed E-state index contributed by atoms with van der Waals surface area (Å²) in [6, 6.07) is 32.4. The molecule has 0 heterocycles. The van der Waals surface area contributed by atoms with Crippen molar-refractivity contribution in [2.75, 3.05) is 13.1 Å². The molecule has 0 aliphatic carbocycles. The number of nitrogens with zero attached hydrogens (tertiary/aromatic N) is 2. The molecule has 4 nitrogen and oxygen atoms in total. The van der Waals surface area contributed by atoms with Gasteiger partial charge in [-0.1, -0.05) is 80.6 Å². The van der Waals surface area contributed by atoms with E-state index >= 15 is 0 Å². The highest BCUT2D eigenvalue weighted by atomic mass is 79.9. The van der Waals surface area contributed by atoms with Crippen molar-refractivity contribution in [3.8, 4) is 28.7 Å². The van der Waals surface area contributed by atoms with Gasteiger partial charge in [-0.05, 0) is 70.3 Å². The summed E-state index contributed by atoms with van der Waals surface area (Å²) in [5.74, 6) is 1.56. The standard InChI is InChI=1S/C33H33BrN2O2/c1-3-18-36(4-2)22-28-16-17-30(20-32(28)38-23-26-11-8-10-25(19-26)21-35)37-24-29-14-9-15-31(33(29)34)27-12-6-5-7-13-27/h5-17,19-20H,3-4,18,22-24H2,1-2H3. The molecule has 0 aliphatic heterocycles. The van der Waals surface area contributed by atoms with Gasteiger partial charge in [0.05, 0.1) is 11.6 Å². The van der Waals surface area contributed by atoms with Gasteiger partial charge in [-0.25, -0.2) is 0 Å². The summed E-state index contributed by atoms with van der Waals surface area (Å²) in [5, 5.41) is 9.24. The van der Waals surface area contributed by atoms with E-state index in [-0.39, 0.29) is 0 Å². The summed E-state index contributed by atoms with van der Waals surface area (Å²) in [4.78, 5) is 2.41. The molecule has 0 fully saturated rings. The van der Waals surface area contributed by atoms with Gasteiger partial charge in [0.15, 0.2) is 0 Å². The topological polar surface area (TPSA) is 45.5 Å². The molecule has 0 saturated heterocycles. The Balaban J connectivity index is 1.54. The molecule has 0 spiro atoms. The molecule has 0 aliphatic rings. The number of hydrogen-bond donors (Lipinski definition) is 0. The second kappa shape index (κ2) is 13.8. The Morgan fingerprint density at radius 3 is 2.39 bits per heavy atom. The summed E-state index contributed by atoms with van der Waals surface area (Å²) in [6.07, 6.45) is 1.10. The smallest absolute Gasteiger partial charge is 0.128 e. The second-order valence-corrected chi connectivity index (χ2v) is 9.97. The molecule has 0 saturated carbocycles. The van der Waals surface area contributed by atoms with E-state index in [1.54, 1.807) is 6.07 Å². The average molecular weight is 570 g/mol. The number of hydrogen-bond acceptors (Lipinski definition) is 4. The van der Waals surface area contributed by atoms with Crippen LogP contribution in [0.15, 0.2) is 95.5 Å². The molecule has 194 valence electrons. The van der Waals surface area contributed by atoms with Crippen molar-refractivity contribution in [3.05, 3.63) is 118 Å². The molecule has 4 aromatic rings. The van der Waals surface area contributed by atoms with Crippen LogP contribution in [0.4, 0.5) is 0 Å². The zero-order chi connectivity index (χ0) is 26.7. The molecule has 5 heteroatoms. The van der Waals surface area contributed by atoms with Crippen molar-refractivity contribution < 1.29 is 9.47 Å². The lowest BCUT2D eigenvalue weighted by atomic mass is 10.0. The van der Waals surface area contributed by atoms with Crippen molar-refractivity contribution in [1.29, 1.82) is 5.26 Å². The highest BCUT2D eigenvalue weighted by molar-refractivity contribution is 9.10. The molecule has 0 amide bonds. The van der Waals surface area contributed by atoms with Gasteiger partial charge in [0.2, 0.25) is 0 Å². The van der Waals surface area contributed by atoms with E-state index < -0.39 is 0 Å². The SMILES string of the molecule is CCCN(CC)Cc1ccc(OCc2cccc(-c3ccccc3)c2Br)cc1OCc1cccc(C#N)c1. The van der Waals surface area contributed by atoms with Crippen molar-refractivity contribution in [3.63, 3.8) is 0 Å². The van der Waals surface area contributed by atoms with Crippen LogP contribution < -0.4 is 9.47 Å². The maximum atomic E-state index is 9.24. The number of ether oxygens (including phenoxy) is 2.